The standard InChI is InChI=1S/C18H22FN3O4S/c19-10-13-9-18(23)22(11-13)14-5-7-21(8-6-14)27(24,25)12-16-15-3-1-2-4-17(15)26-20-16/h1-4,13-14H,5-12H2. The number of aromatic nitrogens is 1. The molecule has 7 nitrogen and oxygen atoms in total. The van der Waals surface area contributed by atoms with Gasteiger partial charge < -0.3 is 9.42 Å². The molecular weight excluding hydrogens is 373 g/mol. The average molecular weight is 395 g/mol. The smallest absolute Gasteiger partial charge is 0.223 e. The van der Waals surface area contributed by atoms with Crippen molar-refractivity contribution in [2.75, 3.05) is 26.3 Å². The van der Waals surface area contributed by atoms with Crippen LogP contribution >= 0.6 is 0 Å². The maximum Gasteiger partial charge on any atom is 0.223 e. The molecule has 2 aliphatic rings. The number of carbonyl (C=O) groups excluding carboxylic acids is 1. The number of nitrogens with zero attached hydrogens (tertiary/aromatic N) is 3. The second-order valence-electron chi connectivity index (χ2n) is 7.28. The lowest BCUT2D eigenvalue weighted by Crippen LogP contribution is -2.47. The van der Waals surface area contributed by atoms with Gasteiger partial charge in [0, 0.05) is 43.4 Å². The Labute approximate surface area is 157 Å². The molecule has 0 radical (unpaired) electrons. The van der Waals surface area contributed by atoms with E-state index in [1.54, 1.807) is 17.0 Å². The number of hydrogen-bond donors (Lipinski definition) is 0. The van der Waals surface area contributed by atoms with E-state index in [2.05, 4.69) is 5.16 Å². The van der Waals surface area contributed by atoms with Crippen LogP contribution in [0.4, 0.5) is 4.39 Å². The normalized spacial score (nSPS) is 22.8. The molecule has 2 aliphatic heterocycles. The van der Waals surface area contributed by atoms with Crippen LogP contribution in [0.3, 0.4) is 0 Å². The number of benzene rings is 1. The summed E-state index contributed by atoms with van der Waals surface area (Å²) in [7, 11) is -3.53. The Morgan fingerprint density at radius 2 is 1.96 bits per heavy atom. The van der Waals surface area contributed by atoms with Crippen molar-refractivity contribution in [2.24, 2.45) is 5.92 Å². The Bertz CT molecular complexity index is 937. The quantitative estimate of drug-likeness (QED) is 0.773. The van der Waals surface area contributed by atoms with Crippen molar-refractivity contribution in [3.8, 4) is 0 Å². The Morgan fingerprint density at radius 1 is 1.22 bits per heavy atom. The zero-order valence-corrected chi connectivity index (χ0v) is 15.7. The summed E-state index contributed by atoms with van der Waals surface area (Å²) in [5.74, 6) is -0.450. The summed E-state index contributed by atoms with van der Waals surface area (Å²) in [5, 5.41) is 4.62. The molecule has 0 bridgehead atoms. The van der Waals surface area contributed by atoms with Gasteiger partial charge in [-0.3, -0.25) is 9.18 Å². The lowest BCUT2D eigenvalue weighted by Gasteiger charge is -2.36. The zero-order chi connectivity index (χ0) is 19.0. The molecule has 1 aromatic carbocycles. The maximum atomic E-state index is 12.8. The van der Waals surface area contributed by atoms with Gasteiger partial charge in [0.1, 0.15) is 11.4 Å². The summed E-state index contributed by atoms with van der Waals surface area (Å²) in [6.45, 7) is 0.665. The fraction of sp³-hybridized carbons (Fsp3) is 0.556. The van der Waals surface area contributed by atoms with E-state index in [0.717, 1.165) is 0 Å². The van der Waals surface area contributed by atoms with Crippen LogP contribution in [0, 0.1) is 5.92 Å². The minimum Gasteiger partial charge on any atom is -0.356 e. The van der Waals surface area contributed by atoms with Crippen molar-refractivity contribution in [2.45, 2.75) is 31.1 Å². The molecule has 1 amide bonds. The van der Waals surface area contributed by atoms with Crippen LogP contribution in [0.5, 0.6) is 0 Å². The molecule has 2 fully saturated rings. The first-order chi connectivity index (χ1) is 13.0. The van der Waals surface area contributed by atoms with E-state index in [1.807, 2.05) is 12.1 Å². The van der Waals surface area contributed by atoms with Crippen molar-refractivity contribution in [1.29, 1.82) is 0 Å². The molecule has 27 heavy (non-hydrogen) atoms. The van der Waals surface area contributed by atoms with E-state index in [4.69, 9.17) is 4.52 Å². The molecule has 0 spiro atoms. The molecule has 2 aromatic rings. The van der Waals surface area contributed by atoms with Crippen LogP contribution in [-0.4, -0.2) is 61.0 Å². The Morgan fingerprint density at radius 3 is 2.67 bits per heavy atom. The van der Waals surface area contributed by atoms with Crippen LogP contribution < -0.4 is 0 Å². The van der Waals surface area contributed by atoms with Crippen molar-refractivity contribution in [1.82, 2.24) is 14.4 Å². The number of piperidine rings is 1. The molecule has 1 atom stereocenters. The predicted molar refractivity (Wildman–Crippen MR) is 97.0 cm³/mol. The molecule has 0 N–H and O–H groups in total. The fourth-order valence-corrected chi connectivity index (χ4v) is 5.51. The number of carbonyl (C=O) groups is 1. The van der Waals surface area contributed by atoms with Crippen LogP contribution in [0.2, 0.25) is 0 Å². The first-order valence-corrected chi connectivity index (χ1v) is 10.8. The van der Waals surface area contributed by atoms with E-state index in [1.165, 1.54) is 4.31 Å². The molecule has 0 saturated carbocycles. The number of fused-ring (bicyclic) bond motifs is 1. The largest absolute Gasteiger partial charge is 0.356 e. The number of alkyl halides is 1. The summed E-state index contributed by atoms with van der Waals surface area (Å²) in [4.78, 5) is 13.8. The van der Waals surface area contributed by atoms with Gasteiger partial charge in [0.25, 0.3) is 0 Å². The van der Waals surface area contributed by atoms with Crippen LogP contribution in [0.25, 0.3) is 11.0 Å². The number of rotatable bonds is 5. The molecule has 9 heteroatoms. The van der Waals surface area contributed by atoms with Crippen molar-refractivity contribution < 1.29 is 22.1 Å². The Kier molecular flexibility index (Phi) is 4.90. The third kappa shape index (κ3) is 3.58. The summed E-state index contributed by atoms with van der Waals surface area (Å²) in [6, 6.07) is 7.17. The van der Waals surface area contributed by atoms with Crippen molar-refractivity contribution >= 4 is 26.9 Å². The molecule has 2 saturated heterocycles. The van der Waals surface area contributed by atoms with Crippen LogP contribution in [-0.2, 0) is 20.6 Å². The highest BCUT2D eigenvalue weighted by Gasteiger charge is 2.37. The third-order valence-corrected chi connectivity index (χ3v) is 7.28. The minimum absolute atomic E-state index is 0.00613. The van der Waals surface area contributed by atoms with Crippen molar-refractivity contribution in [3.63, 3.8) is 0 Å². The highest BCUT2D eigenvalue weighted by atomic mass is 32.2. The number of likely N-dealkylation sites (tertiary alicyclic amines) is 1. The summed E-state index contributed by atoms with van der Waals surface area (Å²) in [6.07, 6.45) is 1.40. The van der Waals surface area contributed by atoms with Crippen molar-refractivity contribution in [3.05, 3.63) is 30.0 Å². The summed E-state index contributed by atoms with van der Waals surface area (Å²) >= 11 is 0. The second kappa shape index (κ2) is 7.20. The van der Waals surface area contributed by atoms with Gasteiger partial charge in [0.05, 0.1) is 6.67 Å². The highest BCUT2D eigenvalue weighted by Crippen LogP contribution is 2.28. The zero-order valence-electron chi connectivity index (χ0n) is 14.9. The van der Waals surface area contributed by atoms with E-state index in [9.17, 15) is 17.6 Å². The van der Waals surface area contributed by atoms with Crippen LogP contribution in [0.1, 0.15) is 25.0 Å². The topological polar surface area (TPSA) is 83.7 Å². The minimum atomic E-state index is -3.53. The molecule has 146 valence electrons. The van der Waals surface area contributed by atoms with Gasteiger partial charge in [-0.15, -0.1) is 0 Å². The van der Waals surface area contributed by atoms with Gasteiger partial charge in [-0.2, -0.15) is 0 Å². The Balaban J connectivity index is 1.41. The molecule has 3 heterocycles. The van der Waals surface area contributed by atoms with Gasteiger partial charge in [-0.25, -0.2) is 12.7 Å². The average Bonchev–Trinajstić information content (AvgIpc) is 3.25. The molecule has 1 aromatic heterocycles. The molecular formula is C18H22FN3O4S. The predicted octanol–water partition coefficient (Wildman–Crippen LogP) is 1.94. The molecule has 1 unspecified atom stereocenters. The number of amides is 1. The first-order valence-electron chi connectivity index (χ1n) is 9.14. The van der Waals surface area contributed by atoms with E-state index in [0.29, 0.717) is 49.1 Å². The summed E-state index contributed by atoms with van der Waals surface area (Å²) in [5.41, 5.74) is 0.976. The second-order valence-corrected chi connectivity index (χ2v) is 9.25. The Hall–Kier alpha value is -2.00. The monoisotopic (exact) mass is 395 g/mol. The molecule has 0 aliphatic carbocycles. The molecule has 4 rings (SSSR count). The van der Waals surface area contributed by atoms with E-state index >= 15 is 0 Å². The lowest BCUT2D eigenvalue weighted by molar-refractivity contribution is -0.130. The first kappa shape index (κ1) is 18.4. The van der Waals surface area contributed by atoms with E-state index in [-0.39, 0.29) is 30.0 Å². The SMILES string of the molecule is O=C1CC(CF)CN1C1CCN(S(=O)(=O)Cc2noc3ccccc23)CC1. The number of sulfonamides is 1. The van der Waals surface area contributed by atoms with Gasteiger partial charge >= 0.3 is 0 Å². The van der Waals surface area contributed by atoms with Crippen LogP contribution in [0.15, 0.2) is 28.8 Å². The van der Waals surface area contributed by atoms with Gasteiger partial charge in [-0.05, 0) is 25.0 Å². The van der Waals surface area contributed by atoms with E-state index < -0.39 is 16.7 Å². The highest BCUT2D eigenvalue weighted by molar-refractivity contribution is 7.88. The van der Waals surface area contributed by atoms with Gasteiger partial charge in [0.15, 0.2) is 5.58 Å². The lowest BCUT2D eigenvalue weighted by atomic mass is 10.1. The summed E-state index contributed by atoms with van der Waals surface area (Å²) < 4.78 is 45.1. The van der Waals surface area contributed by atoms with Gasteiger partial charge in [-0.1, -0.05) is 17.3 Å². The number of halogens is 1. The number of para-hydroxylation sites is 1. The van der Waals surface area contributed by atoms with Gasteiger partial charge in [0.2, 0.25) is 15.9 Å². The maximum absolute atomic E-state index is 12.8. The third-order valence-electron chi connectivity index (χ3n) is 5.49. The number of hydrogen-bond acceptors (Lipinski definition) is 5. The fourth-order valence-electron chi connectivity index (χ4n) is 4.00.